The second-order valence-corrected chi connectivity index (χ2v) is 7.86. The molecule has 0 aliphatic carbocycles. The molecular formula is C19H23N5O2S. The highest BCUT2D eigenvalue weighted by molar-refractivity contribution is 7.22. The van der Waals surface area contributed by atoms with Crippen molar-refractivity contribution in [2.45, 2.75) is 18.9 Å². The highest BCUT2D eigenvalue weighted by Crippen LogP contribution is 2.33. The lowest BCUT2D eigenvalue weighted by Crippen LogP contribution is -2.46. The fourth-order valence-electron chi connectivity index (χ4n) is 3.51. The Morgan fingerprint density at radius 3 is 2.78 bits per heavy atom. The van der Waals surface area contributed by atoms with Crippen molar-refractivity contribution in [1.82, 2.24) is 19.4 Å². The van der Waals surface area contributed by atoms with E-state index in [1.54, 1.807) is 35.5 Å². The van der Waals surface area contributed by atoms with Crippen LogP contribution in [0.15, 0.2) is 30.7 Å². The van der Waals surface area contributed by atoms with Crippen molar-refractivity contribution < 1.29 is 9.53 Å². The second kappa shape index (κ2) is 7.19. The van der Waals surface area contributed by atoms with E-state index < -0.39 is 0 Å². The van der Waals surface area contributed by atoms with Gasteiger partial charge in [0.15, 0.2) is 5.13 Å². The molecule has 27 heavy (non-hydrogen) atoms. The van der Waals surface area contributed by atoms with Gasteiger partial charge < -0.3 is 19.1 Å². The summed E-state index contributed by atoms with van der Waals surface area (Å²) >= 11 is 1.69. The minimum Gasteiger partial charge on any atom is -0.497 e. The van der Waals surface area contributed by atoms with Gasteiger partial charge in [-0.15, -0.1) is 0 Å². The molecule has 0 atom stereocenters. The van der Waals surface area contributed by atoms with E-state index in [1.807, 2.05) is 37.2 Å². The van der Waals surface area contributed by atoms with Crippen LogP contribution in [0, 0.1) is 0 Å². The zero-order chi connectivity index (χ0) is 19.0. The molecule has 4 rings (SSSR count). The number of piperidine rings is 1. The number of amides is 1. The van der Waals surface area contributed by atoms with Crippen LogP contribution >= 0.6 is 11.3 Å². The molecule has 1 aliphatic heterocycles. The predicted octanol–water partition coefficient (Wildman–Crippen LogP) is 2.78. The molecule has 8 heteroatoms. The largest absolute Gasteiger partial charge is 0.497 e. The van der Waals surface area contributed by atoms with Gasteiger partial charge in [0.05, 0.1) is 29.9 Å². The Hall–Kier alpha value is -2.61. The van der Waals surface area contributed by atoms with Gasteiger partial charge in [-0.3, -0.25) is 4.79 Å². The normalized spacial score (nSPS) is 15.3. The van der Waals surface area contributed by atoms with Gasteiger partial charge >= 0.3 is 0 Å². The van der Waals surface area contributed by atoms with E-state index in [-0.39, 0.29) is 11.9 Å². The topological polar surface area (TPSA) is 63.5 Å². The summed E-state index contributed by atoms with van der Waals surface area (Å²) in [5.41, 5.74) is 1.63. The number of carbonyl (C=O) groups excluding carboxylic acids is 1. The summed E-state index contributed by atoms with van der Waals surface area (Å²) in [4.78, 5) is 25.7. The highest BCUT2D eigenvalue weighted by Gasteiger charge is 2.28. The number of hydrogen-bond acceptors (Lipinski definition) is 6. The summed E-state index contributed by atoms with van der Waals surface area (Å²) in [5.74, 6) is 0.882. The number of aromatic nitrogens is 3. The number of aryl methyl sites for hydroxylation is 1. The van der Waals surface area contributed by atoms with Crippen LogP contribution in [0.4, 0.5) is 5.13 Å². The first-order chi connectivity index (χ1) is 13.1. The number of ether oxygens (including phenoxy) is 1. The Morgan fingerprint density at radius 2 is 2.11 bits per heavy atom. The number of methoxy groups -OCH3 is 1. The number of fused-ring (bicyclic) bond motifs is 1. The quantitative estimate of drug-likeness (QED) is 0.691. The molecule has 1 aromatic carbocycles. The smallest absolute Gasteiger partial charge is 0.272 e. The van der Waals surface area contributed by atoms with Crippen molar-refractivity contribution in [3.8, 4) is 5.75 Å². The van der Waals surface area contributed by atoms with Gasteiger partial charge in [0.25, 0.3) is 5.91 Å². The zero-order valence-corrected chi connectivity index (χ0v) is 16.6. The molecule has 1 amide bonds. The monoisotopic (exact) mass is 385 g/mol. The van der Waals surface area contributed by atoms with Crippen molar-refractivity contribution in [3.05, 3.63) is 36.4 Å². The minimum atomic E-state index is 0.0283. The van der Waals surface area contributed by atoms with Crippen LogP contribution in [0.3, 0.4) is 0 Å². The number of carbonyl (C=O) groups is 1. The average Bonchev–Trinajstić information content (AvgIpc) is 3.32. The van der Waals surface area contributed by atoms with E-state index in [2.05, 4.69) is 9.88 Å². The summed E-state index contributed by atoms with van der Waals surface area (Å²) in [6, 6.07) is 6.21. The van der Waals surface area contributed by atoms with E-state index in [9.17, 15) is 4.79 Å². The van der Waals surface area contributed by atoms with Crippen molar-refractivity contribution in [3.63, 3.8) is 0 Å². The SMILES string of the molecule is COc1ccc2nc(N3CCC(N(C)C(=O)c4cncn4C)CC3)sc2c1. The summed E-state index contributed by atoms with van der Waals surface area (Å²) in [6.07, 6.45) is 5.15. The molecule has 3 heterocycles. The average molecular weight is 385 g/mol. The fourth-order valence-corrected chi connectivity index (χ4v) is 4.55. The van der Waals surface area contributed by atoms with Crippen LogP contribution in [0.25, 0.3) is 10.2 Å². The Morgan fingerprint density at radius 1 is 1.33 bits per heavy atom. The van der Waals surface area contributed by atoms with Gasteiger partial charge in [-0.05, 0) is 31.0 Å². The van der Waals surface area contributed by atoms with E-state index in [1.165, 1.54) is 0 Å². The van der Waals surface area contributed by atoms with E-state index in [0.29, 0.717) is 5.69 Å². The van der Waals surface area contributed by atoms with Crippen LogP contribution in [0.1, 0.15) is 23.3 Å². The molecule has 2 aromatic heterocycles. The van der Waals surface area contributed by atoms with Gasteiger partial charge in [0.2, 0.25) is 0 Å². The summed E-state index contributed by atoms with van der Waals surface area (Å²) in [6.45, 7) is 1.79. The van der Waals surface area contributed by atoms with Gasteiger partial charge in [0, 0.05) is 33.2 Å². The van der Waals surface area contributed by atoms with Crippen LogP contribution in [-0.2, 0) is 7.05 Å². The van der Waals surface area contributed by atoms with Gasteiger partial charge in [-0.1, -0.05) is 11.3 Å². The number of nitrogens with zero attached hydrogens (tertiary/aromatic N) is 5. The Kier molecular flexibility index (Phi) is 4.73. The standard InChI is InChI=1S/C19H23N5O2S/c1-22-12-20-11-16(22)18(25)23(2)13-6-8-24(9-7-13)19-21-15-5-4-14(26-3)10-17(15)27-19/h4-5,10-13H,6-9H2,1-3H3. The number of imidazole rings is 1. The first kappa shape index (κ1) is 17.8. The lowest BCUT2D eigenvalue weighted by atomic mass is 10.0. The maximum atomic E-state index is 12.7. The van der Waals surface area contributed by atoms with Crippen LogP contribution in [-0.4, -0.2) is 58.6 Å². The van der Waals surface area contributed by atoms with E-state index in [0.717, 1.165) is 47.0 Å². The van der Waals surface area contributed by atoms with Crippen LogP contribution < -0.4 is 9.64 Å². The van der Waals surface area contributed by atoms with E-state index >= 15 is 0 Å². The van der Waals surface area contributed by atoms with Crippen molar-refractivity contribution in [2.75, 3.05) is 32.1 Å². The Bertz CT molecular complexity index is 958. The van der Waals surface area contributed by atoms with Gasteiger partial charge in [0.1, 0.15) is 11.4 Å². The molecule has 1 saturated heterocycles. The molecule has 0 unspecified atom stereocenters. The van der Waals surface area contributed by atoms with Crippen molar-refractivity contribution in [2.24, 2.45) is 7.05 Å². The maximum Gasteiger partial charge on any atom is 0.272 e. The molecule has 0 radical (unpaired) electrons. The summed E-state index contributed by atoms with van der Waals surface area (Å²) in [7, 11) is 5.41. The third kappa shape index (κ3) is 3.37. The second-order valence-electron chi connectivity index (χ2n) is 6.85. The molecule has 142 valence electrons. The van der Waals surface area contributed by atoms with Crippen LogP contribution in [0.2, 0.25) is 0 Å². The molecular weight excluding hydrogens is 362 g/mol. The number of anilines is 1. The summed E-state index contributed by atoms with van der Waals surface area (Å²) < 4.78 is 8.20. The lowest BCUT2D eigenvalue weighted by Gasteiger charge is -2.36. The molecule has 1 fully saturated rings. The molecule has 1 aliphatic rings. The first-order valence-electron chi connectivity index (χ1n) is 9.00. The number of benzene rings is 1. The molecule has 0 bridgehead atoms. The Balaban J connectivity index is 1.43. The maximum absolute atomic E-state index is 12.7. The minimum absolute atomic E-state index is 0.0283. The fraction of sp³-hybridized carbons (Fsp3) is 0.421. The number of rotatable bonds is 4. The molecule has 7 nitrogen and oxygen atoms in total. The molecule has 0 N–H and O–H groups in total. The van der Waals surface area contributed by atoms with E-state index in [4.69, 9.17) is 9.72 Å². The lowest BCUT2D eigenvalue weighted by molar-refractivity contribution is 0.0699. The molecule has 0 spiro atoms. The predicted molar refractivity (Wildman–Crippen MR) is 107 cm³/mol. The molecule has 0 saturated carbocycles. The van der Waals surface area contributed by atoms with Crippen molar-refractivity contribution >= 4 is 32.6 Å². The third-order valence-corrected chi connectivity index (χ3v) is 6.30. The van der Waals surface area contributed by atoms with Gasteiger partial charge in [-0.25, -0.2) is 9.97 Å². The van der Waals surface area contributed by atoms with Crippen LogP contribution in [0.5, 0.6) is 5.75 Å². The molecule has 3 aromatic rings. The number of hydrogen-bond donors (Lipinski definition) is 0. The summed E-state index contributed by atoms with van der Waals surface area (Å²) in [5, 5.41) is 1.04. The first-order valence-corrected chi connectivity index (χ1v) is 9.81. The zero-order valence-electron chi connectivity index (χ0n) is 15.8. The number of thiazole rings is 1. The Labute approximate surface area is 162 Å². The van der Waals surface area contributed by atoms with Gasteiger partial charge in [-0.2, -0.15) is 0 Å². The van der Waals surface area contributed by atoms with Crippen molar-refractivity contribution in [1.29, 1.82) is 0 Å². The highest BCUT2D eigenvalue weighted by atomic mass is 32.1. The third-order valence-electron chi connectivity index (χ3n) is 5.22.